The molecular formula is C15H32B2N2O4. The third-order valence-corrected chi connectivity index (χ3v) is 5.28. The number of hydrogen-bond donors (Lipinski definition) is 1. The molecule has 2 fully saturated rings. The van der Waals surface area contributed by atoms with E-state index >= 15 is 0 Å². The molecule has 2 aliphatic rings. The molecule has 0 aromatic carbocycles. The lowest BCUT2D eigenvalue weighted by molar-refractivity contribution is -0.175. The molecule has 2 rings (SSSR count). The van der Waals surface area contributed by atoms with E-state index in [9.17, 15) is 0 Å². The van der Waals surface area contributed by atoms with Gasteiger partial charge in [-0.05, 0) is 19.4 Å². The van der Waals surface area contributed by atoms with Crippen molar-refractivity contribution in [1.29, 1.82) is 0 Å². The molecule has 0 aliphatic carbocycles. The van der Waals surface area contributed by atoms with Crippen molar-refractivity contribution in [3.05, 3.63) is 0 Å². The van der Waals surface area contributed by atoms with Gasteiger partial charge in [-0.1, -0.05) is 6.92 Å². The van der Waals surface area contributed by atoms with Crippen LogP contribution in [0.1, 0.15) is 13.3 Å². The Kier molecular flexibility index (Phi) is 7.38. The fraction of sp³-hybridized carbons (Fsp3) is 1.00. The van der Waals surface area contributed by atoms with E-state index < -0.39 is 0 Å². The minimum Gasteiger partial charge on any atom is -0.382 e. The molecule has 1 N–H and O–H groups in total. The lowest BCUT2D eigenvalue weighted by Crippen LogP contribution is -2.42. The van der Waals surface area contributed by atoms with Crippen LogP contribution in [-0.4, -0.2) is 92.0 Å². The first-order chi connectivity index (χ1) is 11.0. The fourth-order valence-corrected chi connectivity index (χ4v) is 3.87. The van der Waals surface area contributed by atoms with Gasteiger partial charge in [0.1, 0.15) is 15.7 Å². The molecule has 0 bridgehead atoms. The minimum absolute atomic E-state index is 0.0981. The maximum Gasteiger partial charge on any atom is 0.139 e. The smallest absolute Gasteiger partial charge is 0.139 e. The second kappa shape index (κ2) is 8.83. The average Bonchev–Trinajstić information content (AvgIpc) is 2.97. The summed E-state index contributed by atoms with van der Waals surface area (Å²) in [5, 5.41) is 5.29. The number of ether oxygens (including phenoxy) is 3. The molecule has 0 saturated carbocycles. The Hall–Kier alpha value is -0.110. The third kappa shape index (κ3) is 4.94. The van der Waals surface area contributed by atoms with Crippen molar-refractivity contribution in [3.8, 4) is 0 Å². The molecule has 0 radical (unpaired) electrons. The summed E-state index contributed by atoms with van der Waals surface area (Å²) >= 11 is 0. The first-order valence-corrected chi connectivity index (χ1v) is 8.77. The highest BCUT2D eigenvalue weighted by Crippen LogP contribution is 2.27. The topological polar surface area (TPSA) is 52.2 Å². The van der Waals surface area contributed by atoms with Crippen LogP contribution in [-0.2, 0) is 19.0 Å². The van der Waals surface area contributed by atoms with Crippen LogP contribution in [0.3, 0.4) is 0 Å². The summed E-state index contributed by atoms with van der Waals surface area (Å²) in [5.41, 5.74) is 0. The van der Waals surface area contributed by atoms with Crippen molar-refractivity contribution in [3.63, 3.8) is 0 Å². The van der Waals surface area contributed by atoms with Crippen molar-refractivity contribution in [2.24, 2.45) is 11.8 Å². The Morgan fingerprint density at radius 3 is 2.61 bits per heavy atom. The first kappa shape index (κ1) is 19.2. The van der Waals surface area contributed by atoms with E-state index in [-0.39, 0.29) is 18.2 Å². The molecule has 6 nitrogen and oxygen atoms in total. The number of hydrogen-bond acceptors (Lipinski definition) is 6. The number of nitrogens with zero attached hydrogens (tertiary/aromatic N) is 1. The summed E-state index contributed by atoms with van der Waals surface area (Å²) in [4.78, 5) is 5.95. The van der Waals surface area contributed by atoms with E-state index in [0.29, 0.717) is 37.1 Å². The highest BCUT2D eigenvalue weighted by molar-refractivity contribution is 6.11. The lowest BCUT2D eigenvalue weighted by Gasteiger charge is -2.26. The first-order valence-electron chi connectivity index (χ1n) is 8.77. The van der Waals surface area contributed by atoms with Crippen LogP contribution in [0, 0.1) is 11.8 Å². The van der Waals surface area contributed by atoms with Crippen molar-refractivity contribution >= 4 is 15.7 Å². The minimum atomic E-state index is 0.0981. The van der Waals surface area contributed by atoms with E-state index in [2.05, 4.69) is 27.9 Å². The van der Waals surface area contributed by atoms with Crippen LogP contribution in [0.5, 0.6) is 0 Å². The maximum atomic E-state index is 6.02. The van der Waals surface area contributed by atoms with Gasteiger partial charge in [0.05, 0.1) is 25.4 Å². The van der Waals surface area contributed by atoms with Gasteiger partial charge in [0.2, 0.25) is 0 Å². The van der Waals surface area contributed by atoms with Gasteiger partial charge in [-0.2, -0.15) is 5.06 Å². The summed E-state index contributed by atoms with van der Waals surface area (Å²) < 4.78 is 17.2. The van der Waals surface area contributed by atoms with E-state index in [1.165, 1.54) is 0 Å². The van der Waals surface area contributed by atoms with E-state index in [0.717, 1.165) is 13.0 Å². The van der Waals surface area contributed by atoms with Crippen LogP contribution in [0.2, 0.25) is 0 Å². The number of rotatable bonds is 8. The normalized spacial score (nSPS) is 41.0. The van der Waals surface area contributed by atoms with Gasteiger partial charge < -0.3 is 19.5 Å². The molecular weight excluding hydrogens is 294 g/mol. The third-order valence-electron chi connectivity index (χ3n) is 5.28. The van der Waals surface area contributed by atoms with E-state index in [4.69, 9.17) is 19.0 Å². The Morgan fingerprint density at radius 1 is 1.22 bits per heavy atom. The quantitative estimate of drug-likeness (QED) is 0.430. The molecule has 132 valence electrons. The van der Waals surface area contributed by atoms with Crippen LogP contribution in [0.4, 0.5) is 0 Å². The molecule has 2 aliphatic heterocycles. The second-order valence-corrected chi connectivity index (χ2v) is 7.10. The van der Waals surface area contributed by atoms with Gasteiger partial charge in [0.15, 0.2) is 0 Å². The van der Waals surface area contributed by atoms with Crippen LogP contribution >= 0.6 is 0 Å². The van der Waals surface area contributed by atoms with Crippen molar-refractivity contribution < 1.29 is 19.0 Å². The molecule has 0 amide bonds. The van der Waals surface area contributed by atoms with Crippen molar-refractivity contribution in [2.75, 3.05) is 41.0 Å². The lowest BCUT2D eigenvalue weighted by atomic mass is 9.85. The SMILES string of the molecule is B[C@@H]1O[C@H](CON(C)CC2C[C@H](B)O[C@@H]2COC)C(NC)[C@@H]1C. The molecule has 2 unspecified atom stereocenters. The molecule has 0 aromatic rings. The number of hydroxylamine groups is 2. The zero-order valence-corrected chi connectivity index (χ0v) is 15.5. The zero-order valence-electron chi connectivity index (χ0n) is 15.5. The standard InChI is InChI=1S/C15H32B2N2O4/c1-9-14(18-2)12(23-15(9)17)8-21-19(3)6-10-5-13(16)22-11(10)7-20-4/h9-15,18H,5-8,16-17H2,1-4H3/t9-,10?,11+,12+,13+,14?,15+/m0/s1. The summed E-state index contributed by atoms with van der Waals surface area (Å²) in [6.07, 6.45) is 1.31. The summed E-state index contributed by atoms with van der Waals surface area (Å²) in [5.74, 6) is 0.937. The maximum absolute atomic E-state index is 6.02. The molecule has 8 heteroatoms. The molecule has 2 heterocycles. The monoisotopic (exact) mass is 326 g/mol. The van der Waals surface area contributed by atoms with Crippen molar-refractivity contribution in [1.82, 2.24) is 10.4 Å². The Balaban J connectivity index is 1.77. The Labute approximate surface area is 142 Å². The molecule has 0 aromatic heterocycles. The predicted molar refractivity (Wildman–Crippen MR) is 95.0 cm³/mol. The number of nitrogens with one attached hydrogen (secondary N) is 1. The second-order valence-electron chi connectivity index (χ2n) is 7.10. The van der Waals surface area contributed by atoms with Crippen LogP contribution in [0.25, 0.3) is 0 Å². The highest BCUT2D eigenvalue weighted by Gasteiger charge is 2.39. The van der Waals surface area contributed by atoms with E-state index in [1.807, 2.05) is 19.2 Å². The van der Waals surface area contributed by atoms with Gasteiger partial charge >= 0.3 is 0 Å². The van der Waals surface area contributed by atoms with Gasteiger partial charge in [-0.25, -0.2) is 0 Å². The average molecular weight is 326 g/mol. The Bertz CT molecular complexity index is 366. The van der Waals surface area contributed by atoms with Crippen LogP contribution < -0.4 is 5.32 Å². The molecule has 7 atom stereocenters. The molecule has 2 saturated heterocycles. The number of likely N-dealkylation sites (N-methyl/N-ethyl adjacent to an activating group) is 1. The van der Waals surface area contributed by atoms with Gasteiger partial charge in [-0.15, -0.1) is 0 Å². The van der Waals surface area contributed by atoms with Crippen molar-refractivity contribution in [2.45, 2.75) is 43.6 Å². The fourth-order valence-electron chi connectivity index (χ4n) is 3.87. The van der Waals surface area contributed by atoms with Gasteiger partial charge in [0, 0.05) is 44.7 Å². The summed E-state index contributed by atoms with van der Waals surface area (Å²) in [6.45, 7) is 4.29. The predicted octanol–water partition coefficient (Wildman–Crippen LogP) is -1.56. The molecule has 0 spiro atoms. The molecule has 23 heavy (non-hydrogen) atoms. The van der Waals surface area contributed by atoms with Gasteiger partial charge in [0.25, 0.3) is 0 Å². The number of methoxy groups -OCH3 is 1. The van der Waals surface area contributed by atoms with Gasteiger partial charge in [-0.3, -0.25) is 4.84 Å². The largest absolute Gasteiger partial charge is 0.382 e. The summed E-state index contributed by atoms with van der Waals surface area (Å²) in [7, 11) is 9.96. The highest BCUT2D eigenvalue weighted by atomic mass is 16.7. The van der Waals surface area contributed by atoms with Crippen LogP contribution in [0.15, 0.2) is 0 Å². The Morgan fingerprint density at radius 2 is 1.96 bits per heavy atom. The summed E-state index contributed by atoms with van der Waals surface area (Å²) in [6, 6.07) is 0.901. The zero-order chi connectivity index (χ0) is 17.0. The van der Waals surface area contributed by atoms with E-state index in [1.54, 1.807) is 7.11 Å².